The molecule has 0 radical (unpaired) electrons. The van der Waals surface area contributed by atoms with Crippen LogP contribution >= 0.6 is 15.9 Å². The molecule has 0 aromatic carbocycles. The molecule has 0 aliphatic rings. The van der Waals surface area contributed by atoms with Crippen LogP contribution in [0.25, 0.3) is 0 Å². The van der Waals surface area contributed by atoms with Crippen LogP contribution in [-0.2, 0) is 4.79 Å². The molecule has 1 aromatic rings. The molecule has 3 N–H and O–H groups in total. The lowest BCUT2D eigenvalue weighted by atomic mass is 9.94. The Hall–Kier alpha value is -0.940. The van der Waals surface area contributed by atoms with Crippen molar-refractivity contribution in [3.63, 3.8) is 0 Å². The molecule has 0 aliphatic carbocycles. The smallest absolute Gasteiger partial charge is 0.225 e. The average molecular weight is 328 g/mol. The number of pyridine rings is 1. The summed E-state index contributed by atoms with van der Waals surface area (Å²) in [4.78, 5) is 16.2. The number of amides is 1. The molecule has 1 rings (SSSR count). The van der Waals surface area contributed by atoms with Gasteiger partial charge in [-0.3, -0.25) is 4.79 Å². The summed E-state index contributed by atoms with van der Waals surface area (Å²) < 4.78 is 0.905. The van der Waals surface area contributed by atoms with Crippen molar-refractivity contribution >= 4 is 27.7 Å². The largest absolute Gasteiger partial charge is 0.330 e. The van der Waals surface area contributed by atoms with Crippen LogP contribution in [0, 0.1) is 18.8 Å². The van der Waals surface area contributed by atoms with Gasteiger partial charge in [-0.1, -0.05) is 13.8 Å². The molecule has 5 heteroatoms. The number of nitrogens with zero attached hydrogens (tertiary/aromatic N) is 1. The summed E-state index contributed by atoms with van der Waals surface area (Å²) in [7, 11) is 0. The number of halogens is 1. The van der Waals surface area contributed by atoms with Crippen molar-refractivity contribution in [1.29, 1.82) is 0 Å². The molecule has 0 aliphatic heterocycles. The Kier molecular flexibility index (Phi) is 6.45. The number of aromatic nitrogens is 1. The van der Waals surface area contributed by atoms with E-state index in [1.807, 2.05) is 13.0 Å². The summed E-state index contributed by atoms with van der Waals surface area (Å²) in [5, 5.41) is 2.85. The number of carbonyl (C=O) groups is 1. The molecule has 1 heterocycles. The van der Waals surface area contributed by atoms with Crippen molar-refractivity contribution in [3.05, 3.63) is 22.3 Å². The summed E-state index contributed by atoms with van der Waals surface area (Å²) in [6, 6.07) is 1.93. The zero-order chi connectivity index (χ0) is 14.4. The van der Waals surface area contributed by atoms with E-state index in [4.69, 9.17) is 5.73 Å². The Morgan fingerprint density at radius 1 is 1.53 bits per heavy atom. The zero-order valence-electron chi connectivity index (χ0n) is 11.7. The number of hydrogen-bond acceptors (Lipinski definition) is 3. The Bertz CT molecular complexity index is 435. The monoisotopic (exact) mass is 327 g/mol. The number of hydrogen-bond donors (Lipinski definition) is 2. The Labute approximate surface area is 123 Å². The molecule has 1 atom stereocenters. The predicted molar refractivity (Wildman–Crippen MR) is 81.9 cm³/mol. The normalized spacial score (nSPS) is 12.5. The van der Waals surface area contributed by atoms with Gasteiger partial charge in [-0.05, 0) is 59.3 Å². The van der Waals surface area contributed by atoms with Crippen molar-refractivity contribution in [2.45, 2.75) is 33.6 Å². The van der Waals surface area contributed by atoms with E-state index in [2.05, 4.69) is 40.1 Å². The van der Waals surface area contributed by atoms with Crippen LogP contribution in [0.5, 0.6) is 0 Å². The minimum atomic E-state index is -0.0194. The second-order valence-corrected chi connectivity index (χ2v) is 6.22. The third-order valence-electron chi connectivity index (χ3n) is 2.91. The van der Waals surface area contributed by atoms with E-state index in [0.29, 0.717) is 24.7 Å². The molecule has 0 spiro atoms. The molecule has 0 saturated carbocycles. The molecule has 0 bridgehead atoms. The van der Waals surface area contributed by atoms with Crippen molar-refractivity contribution in [1.82, 2.24) is 4.98 Å². The van der Waals surface area contributed by atoms with E-state index in [9.17, 15) is 4.79 Å². The van der Waals surface area contributed by atoms with Crippen LogP contribution in [0.2, 0.25) is 0 Å². The van der Waals surface area contributed by atoms with E-state index in [1.165, 1.54) is 0 Å². The van der Waals surface area contributed by atoms with Crippen molar-refractivity contribution in [2.75, 3.05) is 11.9 Å². The van der Waals surface area contributed by atoms with Crippen molar-refractivity contribution in [2.24, 2.45) is 17.6 Å². The molecular formula is C14H22BrN3O. The molecule has 19 heavy (non-hydrogen) atoms. The van der Waals surface area contributed by atoms with E-state index in [0.717, 1.165) is 16.5 Å². The topological polar surface area (TPSA) is 68.0 Å². The molecule has 0 saturated heterocycles. The highest BCUT2D eigenvalue weighted by atomic mass is 79.9. The van der Waals surface area contributed by atoms with Crippen LogP contribution in [0.1, 0.15) is 32.3 Å². The quantitative estimate of drug-likeness (QED) is 0.843. The first-order valence-electron chi connectivity index (χ1n) is 6.54. The van der Waals surface area contributed by atoms with Crippen LogP contribution in [-0.4, -0.2) is 17.4 Å². The fraction of sp³-hybridized carbons (Fsp3) is 0.571. The lowest BCUT2D eigenvalue weighted by Crippen LogP contribution is -2.24. The van der Waals surface area contributed by atoms with E-state index in [1.54, 1.807) is 6.20 Å². The first-order chi connectivity index (χ1) is 8.92. The minimum Gasteiger partial charge on any atom is -0.330 e. The second-order valence-electron chi connectivity index (χ2n) is 5.30. The highest BCUT2D eigenvalue weighted by Gasteiger charge is 2.15. The Balaban J connectivity index is 2.59. The van der Waals surface area contributed by atoms with Gasteiger partial charge in [0.05, 0.1) is 0 Å². The van der Waals surface area contributed by atoms with Gasteiger partial charge in [-0.15, -0.1) is 0 Å². The first kappa shape index (κ1) is 16.1. The lowest BCUT2D eigenvalue weighted by Gasteiger charge is -2.16. The molecule has 1 amide bonds. The Morgan fingerprint density at radius 2 is 2.21 bits per heavy atom. The van der Waals surface area contributed by atoms with Crippen LogP contribution < -0.4 is 11.1 Å². The van der Waals surface area contributed by atoms with Crippen molar-refractivity contribution < 1.29 is 4.79 Å². The maximum absolute atomic E-state index is 12.0. The fourth-order valence-electron chi connectivity index (χ4n) is 2.05. The van der Waals surface area contributed by atoms with Crippen LogP contribution in [0.15, 0.2) is 16.7 Å². The number of anilines is 1. The average Bonchev–Trinajstić information content (AvgIpc) is 2.31. The van der Waals surface area contributed by atoms with Gasteiger partial charge in [-0.25, -0.2) is 4.98 Å². The molecule has 4 nitrogen and oxygen atoms in total. The van der Waals surface area contributed by atoms with Gasteiger partial charge in [0.1, 0.15) is 5.82 Å². The molecule has 106 valence electrons. The summed E-state index contributed by atoms with van der Waals surface area (Å²) in [5.74, 6) is 1.38. The van der Waals surface area contributed by atoms with E-state index in [-0.39, 0.29) is 11.8 Å². The highest BCUT2D eigenvalue weighted by Crippen LogP contribution is 2.19. The number of rotatable bonds is 6. The van der Waals surface area contributed by atoms with Crippen LogP contribution in [0.3, 0.4) is 0 Å². The van der Waals surface area contributed by atoms with Gasteiger partial charge in [0, 0.05) is 17.1 Å². The zero-order valence-corrected chi connectivity index (χ0v) is 13.3. The van der Waals surface area contributed by atoms with Crippen LogP contribution in [0.4, 0.5) is 5.82 Å². The number of nitrogens with one attached hydrogen (secondary N) is 1. The summed E-state index contributed by atoms with van der Waals surface area (Å²) in [6.45, 7) is 6.74. The summed E-state index contributed by atoms with van der Waals surface area (Å²) in [6.07, 6.45) is 3.10. The Morgan fingerprint density at radius 3 is 2.74 bits per heavy atom. The second kappa shape index (κ2) is 7.60. The number of carbonyl (C=O) groups excluding carboxylic acids is 1. The van der Waals surface area contributed by atoms with Gasteiger partial charge < -0.3 is 11.1 Å². The SMILES string of the molecule is Cc1cc(Br)cnc1NC(=O)CC(CN)CC(C)C. The maximum atomic E-state index is 12.0. The third kappa shape index (κ3) is 5.70. The maximum Gasteiger partial charge on any atom is 0.225 e. The van der Waals surface area contributed by atoms with Gasteiger partial charge in [0.25, 0.3) is 0 Å². The molecule has 1 unspecified atom stereocenters. The lowest BCUT2D eigenvalue weighted by molar-refractivity contribution is -0.117. The summed E-state index contributed by atoms with van der Waals surface area (Å²) >= 11 is 3.35. The predicted octanol–water partition coefficient (Wildman–Crippen LogP) is 3.10. The number of nitrogens with two attached hydrogens (primary N) is 1. The third-order valence-corrected chi connectivity index (χ3v) is 3.35. The van der Waals surface area contributed by atoms with E-state index < -0.39 is 0 Å². The molecule has 0 fully saturated rings. The molecule has 1 aromatic heterocycles. The first-order valence-corrected chi connectivity index (χ1v) is 7.33. The summed E-state index contributed by atoms with van der Waals surface area (Å²) in [5.41, 5.74) is 6.65. The minimum absolute atomic E-state index is 0.0194. The molecular weight excluding hydrogens is 306 g/mol. The fourth-order valence-corrected chi connectivity index (χ4v) is 2.49. The van der Waals surface area contributed by atoms with Gasteiger partial charge >= 0.3 is 0 Å². The van der Waals surface area contributed by atoms with E-state index >= 15 is 0 Å². The van der Waals surface area contributed by atoms with Crippen molar-refractivity contribution in [3.8, 4) is 0 Å². The van der Waals surface area contributed by atoms with Gasteiger partial charge in [0.15, 0.2) is 0 Å². The number of aryl methyl sites for hydroxylation is 1. The van der Waals surface area contributed by atoms with Gasteiger partial charge in [0.2, 0.25) is 5.91 Å². The van der Waals surface area contributed by atoms with Gasteiger partial charge in [-0.2, -0.15) is 0 Å². The standard InChI is InChI=1S/C14H22BrN3O/c1-9(2)4-11(7-16)6-13(19)18-14-10(3)5-12(15)8-17-14/h5,8-9,11H,4,6-7,16H2,1-3H3,(H,17,18,19). The highest BCUT2D eigenvalue weighted by molar-refractivity contribution is 9.10.